The van der Waals surface area contributed by atoms with Crippen LogP contribution < -0.4 is 5.32 Å². The van der Waals surface area contributed by atoms with Gasteiger partial charge < -0.3 is 14.5 Å². The number of carbonyl (C=O) groups is 2. The van der Waals surface area contributed by atoms with Gasteiger partial charge in [-0.1, -0.05) is 20.8 Å². The summed E-state index contributed by atoms with van der Waals surface area (Å²) in [6.07, 6.45) is 0. The molecule has 0 aliphatic heterocycles. The highest BCUT2D eigenvalue weighted by Crippen LogP contribution is 2.23. The Hall–Kier alpha value is -1.30. The van der Waals surface area contributed by atoms with Gasteiger partial charge in [-0.2, -0.15) is 0 Å². The molecule has 0 aliphatic carbocycles. The Balaban J connectivity index is 2.95. The molecule has 0 unspecified atom stereocenters. The van der Waals surface area contributed by atoms with E-state index in [9.17, 15) is 9.59 Å². The first kappa shape index (κ1) is 15.8. The van der Waals surface area contributed by atoms with Crippen LogP contribution in [-0.4, -0.2) is 25.0 Å². The predicted molar refractivity (Wildman–Crippen MR) is 73.9 cm³/mol. The van der Waals surface area contributed by atoms with Crippen molar-refractivity contribution < 1.29 is 18.7 Å². The van der Waals surface area contributed by atoms with Crippen molar-refractivity contribution in [2.45, 2.75) is 33.7 Å². The molecule has 0 aliphatic rings. The fourth-order valence-corrected chi connectivity index (χ4v) is 2.12. The summed E-state index contributed by atoms with van der Waals surface area (Å²) < 4.78 is 10.4. The van der Waals surface area contributed by atoms with Gasteiger partial charge in [0.05, 0.1) is 7.11 Å². The zero-order valence-electron chi connectivity index (χ0n) is 11.7. The Morgan fingerprint density at radius 2 is 2.00 bits per heavy atom. The summed E-state index contributed by atoms with van der Waals surface area (Å²) in [5.74, 6) is -0.734. The molecule has 1 rings (SSSR count). The van der Waals surface area contributed by atoms with Crippen molar-refractivity contribution in [1.29, 1.82) is 0 Å². The number of hydrogen-bond acceptors (Lipinski definition) is 4. The Morgan fingerprint density at radius 3 is 2.37 bits per heavy atom. The molecule has 0 saturated carbocycles. The highest BCUT2D eigenvalue weighted by Gasteiger charge is 2.34. The lowest BCUT2D eigenvalue weighted by Gasteiger charge is -2.28. The van der Waals surface area contributed by atoms with E-state index < -0.39 is 23.3 Å². The zero-order valence-corrected chi connectivity index (χ0v) is 13.3. The predicted octanol–water partition coefficient (Wildman–Crippen LogP) is 2.67. The van der Waals surface area contributed by atoms with E-state index in [1.165, 1.54) is 7.11 Å². The molecule has 1 amide bonds. The number of carbonyl (C=O) groups excluding carboxylic acids is 2. The molecule has 6 heteroatoms. The SMILES string of the molecule is COC(=O)[C@@H](NC(=O)c1oc(Br)cc1C)C(C)(C)C. The number of halogens is 1. The number of esters is 1. The summed E-state index contributed by atoms with van der Waals surface area (Å²) in [6, 6.07) is 0.951. The van der Waals surface area contributed by atoms with Crippen LogP contribution in [0.1, 0.15) is 36.9 Å². The van der Waals surface area contributed by atoms with Crippen molar-refractivity contribution in [1.82, 2.24) is 5.32 Å². The van der Waals surface area contributed by atoms with Gasteiger partial charge in [0.1, 0.15) is 6.04 Å². The van der Waals surface area contributed by atoms with Gasteiger partial charge in [0.25, 0.3) is 5.91 Å². The third-order valence-corrected chi connectivity index (χ3v) is 3.06. The van der Waals surface area contributed by atoms with E-state index >= 15 is 0 Å². The number of furan rings is 1. The van der Waals surface area contributed by atoms with Gasteiger partial charge in [-0.25, -0.2) is 4.79 Å². The first-order valence-electron chi connectivity index (χ1n) is 5.81. The van der Waals surface area contributed by atoms with E-state index in [0.717, 1.165) is 0 Å². The van der Waals surface area contributed by atoms with Crippen LogP contribution in [0.25, 0.3) is 0 Å². The van der Waals surface area contributed by atoms with Crippen LogP contribution in [0.2, 0.25) is 0 Å². The van der Waals surface area contributed by atoms with Crippen LogP contribution in [0, 0.1) is 12.3 Å². The summed E-state index contributed by atoms with van der Waals surface area (Å²) in [4.78, 5) is 23.9. The molecule has 1 aromatic heterocycles. The molecular formula is C13H18BrNO4. The Kier molecular flexibility index (Phi) is 4.79. The maximum atomic E-state index is 12.1. The molecule has 0 aromatic carbocycles. The second-order valence-corrected chi connectivity index (χ2v) is 6.14. The maximum absolute atomic E-state index is 12.1. The van der Waals surface area contributed by atoms with Gasteiger partial charge in [-0.05, 0) is 34.3 Å². The monoisotopic (exact) mass is 331 g/mol. The largest absolute Gasteiger partial charge is 0.467 e. The minimum atomic E-state index is -0.742. The number of hydrogen-bond donors (Lipinski definition) is 1. The first-order valence-corrected chi connectivity index (χ1v) is 6.60. The smallest absolute Gasteiger partial charge is 0.328 e. The highest BCUT2D eigenvalue weighted by atomic mass is 79.9. The molecule has 0 radical (unpaired) electrons. The van der Waals surface area contributed by atoms with Gasteiger partial charge in [0, 0.05) is 5.56 Å². The van der Waals surface area contributed by atoms with Crippen LogP contribution in [0.15, 0.2) is 15.2 Å². The molecule has 1 N–H and O–H groups in total. The number of nitrogens with one attached hydrogen (secondary N) is 1. The van der Waals surface area contributed by atoms with Crippen molar-refractivity contribution in [3.8, 4) is 0 Å². The minimum absolute atomic E-state index is 0.185. The summed E-state index contributed by atoms with van der Waals surface area (Å²) >= 11 is 3.16. The molecule has 0 fully saturated rings. The standard InChI is InChI=1S/C13H18BrNO4/c1-7-6-8(14)19-9(7)11(16)15-10(12(17)18-5)13(2,3)4/h6,10H,1-5H3,(H,15,16)/t10-/m1/s1. The molecule has 0 spiro atoms. The van der Waals surface area contributed by atoms with Gasteiger partial charge in [-0.3, -0.25) is 4.79 Å². The number of ether oxygens (including phenoxy) is 1. The lowest BCUT2D eigenvalue weighted by Crippen LogP contribution is -2.49. The molecule has 5 nitrogen and oxygen atoms in total. The topological polar surface area (TPSA) is 68.5 Å². The molecular weight excluding hydrogens is 314 g/mol. The van der Waals surface area contributed by atoms with E-state index in [1.54, 1.807) is 13.0 Å². The maximum Gasteiger partial charge on any atom is 0.328 e. The van der Waals surface area contributed by atoms with Crippen molar-refractivity contribution in [3.05, 3.63) is 22.1 Å². The van der Waals surface area contributed by atoms with E-state index in [2.05, 4.69) is 21.2 Å². The van der Waals surface area contributed by atoms with Crippen molar-refractivity contribution >= 4 is 27.8 Å². The first-order chi connectivity index (χ1) is 8.66. The van der Waals surface area contributed by atoms with Crippen LogP contribution in [-0.2, 0) is 9.53 Å². The third kappa shape index (κ3) is 3.83. The highest BCUT2D eigenvalue weighted by molar-refractivity contribution is 9.10. The Labute approximate surface area is 120 Å². The number of aryl methyl sites for hydroxylation is 1. The molecule has 1 atom stereocenters. The number of rotatable bonds is 3. The van der Waals surface area contributed by atoms with E-state index in [0.29, 0.717) is 10.2 Å². The zero-order chi connectivity index (χ0) is 14.8. The second-order valence-electron chi connectivity index (χ2n) is 5.36. The summed E-state index contributed by atoms with van der Waals surface area (Å²) in [6.45, 7) is 7.30. The van der Waals surface area contributed by atoms with Crippen molar-refractivity contribution in [2.24, 2.45) is 5.41 Å². The average Bonchev–Trinajstić information content (AvgIpc) is 2.62. The van der Waals surface area contributed by atoms with Crippen LogP contribution in [0.4, 0.5) is 0 Å². The van der Waals surface area contributed by atoms with Crippen molar-refractivity contribution in [3.63, 3.8) is 0 Å². The fourth-order valence-electron chi connectivity index (χ4n) is 1.61. The molecule has 106 valence electrons. The second kappa shape index (κ2) is 5.77. The normalized spacial score (nSPS) is 12.9. The molecule has 19 heavy (non-hydrogen) atoms. The van der Waals surface area contributed by atoms with Crippen molar-refractivity contribution in [2.75, 3.05) is 7.11 Å². The quantitative estimate of drug-likeness (QED) is 0.864. The van der Waals surface area contributed by atoms with Crippen LogP contribution in [0.3, 0.4) is 0 Å². The van der Waals surface area contributed by atoms with Gasteiger partial charge in [0.15, 0.2) is 10.4 Å². The number of amides is 1. The summed E-state index contributed by atoms with van der Waals surface area (Å²) in [5, 5.41) is 2.65. The lowest BCUT2D eigenvalue weighted by molar-refractivity contribution is -0.145. The van der Waals surface area contributed by atoms with Crippen LogP contribution >= 0.6 is 15.9 Å². The summed E-state index contributed by atoms with van der Waals surface area (Å²) in [7, 11) is 1.29. The van der Waals surface area contributed by atoms with Gasteiger partial charge in [0.2, 0.25) is 0 Å². The molecule has 1 aromatic rings. The molecule has 0 bridgehead atoms. The number of methoxy groups -OCH3 is 1. The van der Waals surface area contributed by atoms with E-state index in [1.807, 2.05) is 20.8 Å². The molecule has 1 heterocycles. The van der Waals surface area contributed by atoms with Crippen LogP contribution in [0.5, 0.6) is 0 Å². The molecule has 0 saturated heterocycles. The third-order valence-electron chi connectivity index (χ3n) is 2.67. The van der Waals surface area contributed by atoms with E-state index in [4.69, 9.17) is 9.15 Å². The van der Waals surface area contributed by atoms with Gasteiger partial charge in [-0.15, -0.1) is 0 Å². The fraction of sp³-hybridized carbons (Fsp3) is 0.538. The van der Waals surface area contributed by atoms with Gasteiger partial charge >= 0.3 is 5.97 Å². The van der Waals surface area contributed by atoms with E-state index in [-0.39, 0.29) is 5.76 Å². The minimum Gasteiger partial charge on any atom is -0.467 e. The summed E-state index contributed by atoms with van der Waals surface area (Å²) in [5.41, 5.74) is 0.238. The lowest BCUT2D eigenvalue weighted by atomic mass is 9.86. The Morgan fingerprint density at radius 1 is 1.42 bits per heavy atom. The Bertz CT molecular complexity index is 487. The average molecular weight is 332 g/mol.